The normalized spacial score (nSPS) is 23.7. The van der Waals surface area contributed by atoms with Crippen LogP contribution in [0.3, 0.4) is 0 Å². The highest BCUT2D eigenvalue weighted by Crippen LogP contribution is 2.45. The molecule has 4 rings (SSSR count). The molecule has 1 aliphatic heterocycles. The lowest BCUT2D eigenvalue weighted by molar-refractivity contribution is 0.101. The molecule has 2 amide bonds. The summed E-state index contributed by atoms with van der Waals surface area (Å²) in [5.74, 6) is 0.443. The Bertz CT molecular complexity index is 959. The number of H-pyrrole nitrogens is 1. The number of benzene rings is 1. The zero-order valence-electron chi connectivity index (χ0n) is 18.1. The number of amides is 2. The minimum Gasteiger partial charge on any atom is -0.358 e. The average Bonchev–Trinajstić information content (AvgIpc) is 3.00. The Hall–Kier alpha value is -2.34. The quantitative estimate of drug-likeness (QED) is 0.778. The third-order valence-electron chi connectivity index (χ3n) is 6.95. The van der Waals surface area contributed by atoms with Crippen LogP contribution in [0.4, 0.5) is 4.79 Å². The van der Waals surface area contributed by atoms with Crippen LogP contribution in [-0.2, 0) is 6.42 Å². The van der Waals surface area contributed by atoms with E-state index in [1.807, 2.05) is 24.8 Å². The van der Waals surface area contributed by atoms with Gasteiger partial charge in [0.2, 0.25) is 0 Å². The number of hydrogen-bond acceptors (Lipinski definition) is 3. The fourth-order valence-electron chi connectivity index (χ4n) is 5.43. The van der Waals surface area contributed by atoms with Crippen LogP contribution in [0.25, 0.3) is 10.9 Å². The molecule has 156 valence electrons. The van der Waals surface area contributed by atoms with Crippen molar-refractivity contribution in [2.45, 2.75) is 58.5 Å². The molecule has 1 saturated heterocycles. The summed E-state index contributed by atoms with van der Waals surface area (Å²) in [7, 11) is 2.17. The number of nitrogens with zero attached hydrogens (tertiary/aromatic N) is 2. The standard InChI is InChI=1S/C23H32N4O2/c1-6-27(7-2)23(29)25-15-10-19-17-9-8-16(14(4)28)22-21(17)18(13(3)24-22)11-20(19)26(5)12-15/h8-9,15,19-20,24H,6-7,10-12H2,1-5H3,(H,25,29)/t15-,19?,20+/m0/s1. The number of ketones is 1. The number of urea groups is 1. The van der Waals surface area contributed by atoms with Gasteiger partial charge in [-0.2, -0.15) is 0 Å². The van der Waals surface area contributed by atoms with E-state index in [-0.39, 0.29) is 17.9 Å². The average molecular weight is 397 g/mol. The summed E-state index contributed by atoms with van der Waals surface area (Å²) in [4.78, 5) is 32.5. The van der Waals surface area contributed by atoms with Crippen molar-refractivity contribution in [3.05, 3.63) is 34.5 Å². The molecular formula is C23H32N4O2. The summed E-state index contributed by atoms with van der Waals surface area (Å²) in [6.07, 6.45) is 1.91. The van der Waals surface area contributed by atoms with E-state index >= 15 is 0 Å². The van der Waals surface area contributed by atoms with E-state index in [1.54, 1.807) is 6.92 Å². The molecule has 2 aromatic rings. The maximum Gasteiger partial charge on any atom is 0.317 e. The number of aryl methyl sites for hydroxylation is 1. The third-order valence-corrected chi connectivity index (χ3v) is 6.95. The summed E-state index contributed by atoms with van der Waals surface area (Å²) >= 11 is 0. The summed E-state index contributed by atoms with van der Waals surface area (Å²) in [6, 6.07) is 4.69. The Morgan fingerprint density at radius 1 is 1.28 bits per heavy atom. The van der Waals surface area contributed by atoms with Crippen molar-refractivity contribution in [3.8, 4) is 0 Å². The van der Waals surface area contributed by atoms with Gasteiger partial charge in [0.15, 0.2) is 5.78 Å². The fraction of sp³-hybridized carbons (Fsp3) is 0.565. The number of fused-ring (bicyclic) bond motifs is 2. The molecule has 0 bridgehead atoms. The molecule has 0 radical (unpaired) electrons. The van der Waals surface area contributed by atoms with E-state index < -0.39 is 0 Å². The molecule has 3 atom stereocenters. The van der Waals surface area contributed by atoms with Crippen LogP contribution in [0.1, 0.15) is 60.3 Å². The smallest absolute Gasteiger partial charge is 0.317 e. The van der Waals surface area contributed by atoms with Gasteiger partial charge in [-0.15, -0.1) is 0 Å². The summed E-state index contributed by atoms with van der Waals surface area (Å²) in [6.45, 7) is 10.1. The molecule has 6 nitrogen and oxygen atoms in total. The van der Waals surface area contributed by atoms with Gasteiger partial charge >= 0.3 is 6.03 Å². The number of hydrogen-bond donors (Lipinski definition) is 2. The Labute approximate surface area is 172 Å². The molecule has 1 aromatic carbocycles. The molecule has 29 heavy (non-hydrogen) atoms. The summed E-state index contributed by atoms with van der Waals surface area (Å²) in [5, 5.41) is 4.50. The van der Waals surface area contributed by atoms with Crippen molar-refractivity contribution in [1.29, 1.82) is 0 Å². The van der Waals surface area contributed by atoms with Crippen LogP contribution in [0.5, 0.6) is 0 Å². The largest absolute Gasteiger partial charge is 0.358 e. The van der Waals surface area contributed by atoms with Gasteiger partial charge in [0.1, 0.15) is 0 Å². The predicted molar refractivity (Wildman–Crippen MR) is 116 cm³/mol. The van der Waals surface area contributed by atoms with E-state index in [0.29, 0.717) is 12.0 Å². The van der Waals surface area contributed by atoms with E-state index in [2.05, 4.69) is 35.2 Å². The number of carbonyl (C=O) groups excluding carboxylic acids is 2. The number of piperidine rings is 1. The molecule has 1 aromatic heterocycles. The van der Waals surface area contributed by atoms with Gasteiger partial charge in [0.05, 0.1) is 5.52 Å². The van der Waals surface area contributed by atoms with Gasteiger partial charge in [-0.3, -0.25) is 4.79 Å². The zero-order valence-corrected chi connectivity index (χ0v) is 18.1. The summed E-state index contributed by atoms with van der Waals surface area (Å²) < 4.78 is 0. The first-order valence-electron chi connectivity index (χ1n) is 10.8. The highest BCUT2D eigenvalue weighted by Gasteiger charge is 2.41. The van der Waals surface area contributed by atoms with Crippen molar-refractivity contribution < 1.29 is 9.59 Å². The van der Waals surface area contributed by atoms with Gasteiger partial charge in [0.25, 0.3) is 0 Å². The first kappa shape index (κ1) is 20.0. The van der Waals surface area contributed by atoms with Crippen molar-refractivity contribution in [1.82, 2.24) is 20.1 Å². The molecule has 1 unspecified atom stereocenters. The molecule has 6 heteroatoms. The molecule has 1 fully saturated rings. The lowest BCUT2D eigenvalue weighted by Crippen LogP contribution is -2.56. The van der Waals surface area contributed by atoms with E-state index in [1.165, 1.54) is 22.2 Å². The second-order valence-electron chi connectivity index (χ2n) is 8.61. The molecule has 1 aliphatic carbocycles. The Kier molecular flexibility index (Phi) is 5.15. The second kappa shape index (κ2) is 7.48. The first-order chi connectivity index (χ1) is 13.8. The van der Waals surface area contributed by atoms with Crippen molar-refractivity contribution >= 4 is 22.7 Å². The maximum atomic E-state index is 12.6. The van der Waals surface area contributed by atoms with E-state index in [9.17, 15) is 9.59 Å². The van der Waals surface area contributed by atoms with Crippen LogP contribution in [0, 0.1) is 6.92 Å². The highest BCUT2D eigenvalue weighted by atomic mass is 16.2. The van der Waals surface area contributed by atoms with Gasteiger partial charge in [-0.1, -0.05) is 6.07 Å². The predicted octanol–water partition coefficient (Wildman–Crippen LogP) is 3.44. The molecule has 2 aliphatic rings. The van der Waals surface area contributed by atoms with E-state index in [4.69, 9.17) is 0 Å². The maximum absolute atomic E-state index is 12.6. The van der Waals surface area contributed by atoms with Crippen molar-refractivity contribution in [2.24, 2.45) is 0 Å². The topological polar surface area (TPSA) is 68.4 Å². The molecule has 2 heterocycles. The number of aromatic amines is 1. The SMILES string of the molecule is CCN(CC)C(=O)N[C@H]1CC2c3ccc(C(C)=O)c4[nH]c(C)c(c34)C[C@H]2N(C)C1. The van der Waals surface area contributed by atoms with Gasteiger partial charge in [-0.05, 0) is 64.8 Å². The number of likely N-dealkylation sites (N-methyl/N-ethyl adjacent to an activating group) is 1. The number of nitrogens with one attached hydrogen (secondary N) is 2. The minimum absolute atomic E-state index is 0.0258. The van der Waals surface area contributed by atoms with E-state index in [0.717, 1.165) is 43.6 Å². The Morgan fingerprint density at radius 2 is 2.00 bits per heavy atom. The highest BCUT2D eigenvalue weighted by molar-refractivity contribution is 6.08. The first-order valence-corrected chi connectivity index (χ1v) is 10.8. The number of aromatic nitrogens is 1. The van der Waals surface area contributed by atoms with Gasteiger partial charge < -0.3 is 20.1 Å². The van der Waals surface area contributed by atoms with Crippen molar-refractivity contribution in [2.75, 3.05) is 26.7 Å². The van der Waals surface area contributed by atoms with Crippen LogP contribution >= 0.6 is 0 Å². The monoisotopic (exact) mass is 396 g/mol. The summed E-state index contributed by atoms with van der Waals surface area (Å²) in [5.41, 5.74) is 5.58. The fourth-order valence-corrected chi connectivity index (χ4v) is 5.43. The number of rotatable bonds is 4. The van der Waals surface area contributed by atoms with Crippen LogP contribution in [0.15, 0.2) is 12.1 Å². The number of carbonyl (C=O) groups is 2. The molecule has 2 N–H and O–H groups in total. The lowest BCUT2D eigenvalue weighted by atomic mass is 9.73. The molecule has 0 spiro atoms. The van der Waals surface area contributed by atoms with Crippen LogP contribution in [0.2, 0.25) is 0 Å². The minimum atomic E-state index is 0.0258. The van der Waals surface area contributed by atoms with Crippen LogP contribution < -0.4 is 5.32 Å². The number of likely N-dealkylation sites (tertiary alicyclic amines) is 1. The van der Waals surface area contributed by atoms with Crippen LogP contribution in [-0.4, -0.2) is 65.4 Å². The molecular weight excluding hydrogens is 364 g/mol. The van der Waals surface area contributed by atoms with Gasteiger partial charge in [0, 0.05) is 54.3 Å². The van der Waals surface area contributed by atoms with Gasteiger partial charge in [-0.25, -0.2) is 4.79 Å². The lowest BCUT2D eigenvalue weighted by Gasteiger charge is -2.46. The second-order valence-corrected chi connectivity index (χ2v) is 8.61. The molecule has 0 saturated carbocycles. The Balaban J connectivity index is 1.69. The third kappa shape index (κ3) is 3.23. The van der Waals surface area contributed by atoms with Crippen molar-refractivity contribution in [3.63, 3.8) is 0 Å². The zero-order chi connectivity index (χ0) is 20.9. The number of Topliss-reactive ketones (excluding diaryl/α,β-unsaturated/α-hetero) is 1. The Morgan fingerprint density at radius 3 is 2.66 bits per heavy atom.